The third-order valence-electron chi connectivity index (χ3n) is 6.26. The Hall–Kier alpha value is -0.940. The molecule has 4 rings (SSSR count). The molecular weight excluding hydrogens is 310 g/mol. The molecule has 2 N–H and O–H groups in total. The SMILES string of the molecule is c1ccc(CN2CCOC(CNC3CCCC3C3CCCN3)C2)cc1. The molecule has 4 heteroatoms. The van der Waals surface area contributed by atoms with Gasteiger partial charge in [-0.25, -0.2) is 0 Å². The second-order valence-electron chi connectivity index (χ2n) is 8.03. The summed E-state index contributed by atoms with van der Waals surface area (Å²) >= 11 is 0. The first-order valence-electron chi connectivity index (χ1n) is 10.2. The Kier molecular flexibility index (Phi) is 6.03. The highest BCUT2D eigenvalue weighted by Crippen LogP contribution is 2.32. The minimum absolute atomic E-state index is 0.329. The van der Waals surface area contributed by atoms with Crippen molar-refractivity contribution in [1.29, 1.82) is 0 Å². The topological polar surface area (TPSA) is 36.5 Å². The summed E-state index contributed by atoms with van der Waals surface area (Å²) in [5, 5.41) is 7.59. The van der Waals surface area contributed by atoms with Crippen LogP contribution in [0.2, 0.25) is 0 Å². The zero-order valence-electron chi connectivity index (χ0n) is 15.3. The lowest BCUT2D eigenvalue weighted by atomic mass is 9.93. The van der Waals surface area contributed by atoms with E-state index in [1.54, 1.807) is 0 Å². The maximum absolute atomic E-state index is 6.05. The molecular formula is C21H33N3O. The first-order chi connectivity index (χ1) is 12.4. The van der Waals surface area contributed by atoms with Crippen molar-refractivity contribution in [2.45, 2.75) is 56.8 Å². The molecule has 4 atom stereocenters. The number of rotatable bonds is 6. The van der Waals surface area contributed by atoms with Crippen molar-refractivity contribution in [3.63, 3.8) is 0 Å². The summed E-state index contributed by atoms with van der Waals surface area (Å²) < 4.78 is 6.05. The van der Waals surface area contributed by atoms with Crippen LogP contribution in [0.25, 0.3) is 0 Å². The molecule has 1 saturated carbocycles. The van der Waals surface area contributed by atoms with E-state index in [1.807, 2.05) is 0 Å². The number of nitrogens with zero attached hydrogens (tertiary/aromatic N) is 1. The fourth-order valence-electron chi connectivity index (χ4n) is 4.97. The lowest BCUT2D eigenvalue weighted by Gasteiger charge is -2.34. The van der Waals surface area contributed by atoms with Gasteiger partial charge in [0.25, 0.3) is 0 Å². The predicted octanol–water partition coefficient (Wildman–Crippen LogP) is 2.40. The van der Waals surface area contributed by atoms with E-state index >= 15 is 0 Å². The lowest BCUT2D eigenvalue weighted by molar-refractivity contribution is -0.0315. The molecule has 1 aromatic carbocycles. The molecule has 0 spiro atoms. The van der Waals surface area contributed by atoms with Gasteiger partial charge in [-0.3, -0.25) is 4.90 Å². The van der Waals surface area contributed by atoms with E-state index in [4.69, 9.17) is 4.74 Å². The minimum atomic E-state index is 0.329. The van der Waals surface area contributed by atoms with Crippen molar-refractivity contribution < 1.29 is 4.74 Å². The molecule has 1 aliphatic carbocycles. The highest BCUT2D eigenvalue weighted by molar-refractivity contribution is 5.14. The van der Waals surface area contributed by atoms with Gasteiger partial charge in [-0.1, -0.05) is 36.8 Å². The Bertz CT molecular complexity index is 517. The first kappa shape index (κ1) is 17.5. The molecule has 0 aromatic heterocycles. The van der Waals surface area contributed by atoms with Gasteiger partial charge in [-0.15, -0.1) is 0 Å². The van der Waals surface area contributed by atoms with E-state index in [1.165, 1.54) is 44.2 Å². The molecule has 4 unspecified atom stereocenters. The highest BCUT2D eigenvalue weighted by Gasteiger charge is 2.35. The highest BCUT2D eigenvalue weighted by atomic mass is 16.5. The van der Waals surface area contributed by atoms with Crippen molar-refractivity contribution in [2.24, 2.45) is 5.92 Å². The lowest BCUT2D eigenvalue weighted by Crippen LogP contribution is -2.50. The van der Waals surface area contributed by atoms with Crippen LogP contribution in [0.5, 0.6) is 0 Å². The maximum Gasteiger partial charge on any atom is 0.0826 e. The van der Waals surface area contributed by atoms with Crippen molar-refractivity contribution in [2.75, 3.05) is 32.8 Å². The standard InChI is InChI=1S/C21H33N3O/c1-2-6-17(7-3-1)15-24-12-13-25-18(16-24)14-23-21-9-4-8-19(21)20-10-5-11-22-20/h1-3,6-7,18-23H,4-5,8-16H2. The Morgan fingerprint density at radius 2 is 2.04 bits per heavy atom. The zero-order valence-corrected chi connectivity index (χ0v) is 15.3. The number of benzene rings is 1. The fourth-order valence-corrected chi connectivity index (χ4v) is 4.97. The van der Waals surface area contributed by atoms with Gasteiger partial charge in [0.15, 0.2) is 0 Å². The number of hydrogen-bond donors (Lipinski definition) is 2. The summed E-state index contributed by atoms with van der Waals surface area (Å²) in [6.45, 7) is 6.20. The molecule has 25 heavy (non-hydrogen) atoms. The van der Waals surface area contributed by atoms with Gasteiger partial charge in [0.2, 0.25) is 0 Å². The summed E-state index contributed by atoms with van der Waals surface area (Å²) in [7, 11) is 0. The molecule has 1 aromatic rings. The van der Waals surface area contributed by atoms with Gasteiger partial charge < -0.3 is 15.4 Å². The van der Waals surface area contributed by atoms with Gasteiger partial charge in [-0.05, 0) is 43.7 Å². The normalized spacial score (nSPS) is 33.8. The van der Waals surface area contributed by atoms with E-state index in [9.17, 15) is 0 Å². The number of morpholine rings is 1. The van der Waals surface area contributed by atoms with Crippen LogP contribution in [0, 0.1) is 5.92 Å². The molecule has 0 radical (unpaired) electrons. The van der Waals surface area contributed by atoms with Crippen molar-refractivity contribution in [3.8, 4) is 0 Å². The molecule has 0 amide bonds. The largest absolute Gasteiger partial charge is 0.374 e. The number of ether oxygens (including phenoxy) is 1. The summed E-state index contributed by atoms with van der Waals surface area (Å²) in [6, 6.07) is 12.2. The Balaban J connectivity index is 1.25. The summed E-state index contributed by atoms with van der Waals surface area (Å²) in [4.78, 5) is 2.54. The first-order valence-corrected chi connectivity index (χ1v) is 10.2. The molecule has 2 aliphatic heterocycles. The fraction of sp³-hybridized carbons (Fsp3) is 0.714. The molecule has 0 bridgehead atoms. The van der Waals surface area contributed by atoms with Gasteiger partial charge in [-0.2, -0.15) is 0 Å². The quantitative estimate of drug-likeness (QED) is 0.832. The van der Waals surface area contributed by atoms with Crippen LogP contribution in [0.1, 0.15) is 37.7 Å². The van der Waals surface area contributed by atoms with Crippen LogP contribution in [0.4, 0.5) is 0 Å². The third-order valence-corrected chi connectivity index (χ3v) is 6.26. The van der Waals surface area contributed by atoms with Gasteiger partial charge in [0.1, 0.15) is 0 Å². The second-order valence-corrected chi connectivity index (χ2v) is 8.03. The smallest absolute Gasteiger partial charge is 0.0826 e. The average Bonchev–Trinajstić information content (AvgIpc) is 3.32. The zero-order chi connectivity index (χ0) is 16.9. The number of hydrogen-bond acceptors (Lipinski definition) is 4. The summed E-state index contributed by atoms with van der Waals surface area (Å²) in [5.74, 6) is 0.825. The predicted molar refractivity (Wildman–Crippen MR) is 102 cm³/mol. The molecule has 2 heterocycles. The van der Waals surface area contributed by atoms with E-state index < -0.39 is 0 Å². The van der Waals surface area contributed by atoms with Crippen molar-refractivity contribution >= 4 is 0 Å². The molecule has 3 aliphatic rings. The van der Waals surface area contributed by atoms with E-state index in [2.05, 4.69) is 45.9 Å². The maximum atomic E-state index is 6.05. The van der Waals surface area contributed by atoms with E-state index in [-0.39, 0.29) is 0 Å². The van der Waals surface area contributed by atoms with E-state index in [0.29, 0.717) is 12.1 Å². The minimum Gasteiger partial charge on any atom is -0.374 e. The van der Waals surface area contributed by atoms with Crippen LogP contribution in [-0.2, 0) is 11.3 Å². The molecule has 138 valence electrons. The van der Waals surface area contributed by atoms with Gasteiger partial charge >= 0.3 is 0 Å². The van der Waals surface area contributed by atoms with E-state index in [0.717, 1.165) is 44.7 Å². The monoisotopic (exact) mass is 343 g/mol. The van der Waals surface area contributed by atoms with Crippen molar-refractivity contribution in [1.82, 2.24) is 15.5 Å². The average molecular weight is 344 g/mol. The molecule has 3 fully saturated rings. The van der Waals surface area contributed by atoms with Crippen LogP contribution >= 0.6 is 0 Å². The Morgan fingerprint density at radius 3 is 2.88 bits per heavy atom. The Labute approximate surface area is 152 Å². The summed E-state index contributed by atoms with van der Waals surface area (Å²) in [6.07, 6.45) is 7.16. The van der Waals surface area contributed by atoms with Crippen LogP contribution in [-0.4, -0.2) is 55.9 Å². The van der Waals surface area contributed by atoms with Gasteiger partial charge in [0, 0.05) is 38.3 Å². The third kappa shape index (κ3) is 4.62. The van der Waals surface area contributed by atoms with Gasteiger partial charge in [0.05, 0.1) is 12.7 Å². The van der Waals surface area contributed by atoms with Crippen LogP contribution < -0.4 is 10.6 Å². The molecule has 2 saturated heterocycles. The van der Waals surface area contributed by atoms with Crippen molar-refractivity contribution in [3.05, 3.63) is 35.9 Å². The Morgan fingerprint density at radius 1 is 1.12 bits per heavy atom. The second kappa shape index (κ2) is 8.63. The molecule has 4 nitrogen and oxygen atoms in total. The summed E-state index contributed by atoms with van der Waals surface area (Å²) in [5.41, 5.74) is 1.40. The van der Waals surface area contributed by atoms with Crippen LogP contribution in [0.3, 0.4) is 0 Å². The number of nitrogens with one attached hydrogen (secondary N) is 2. The van der Waals surface area contributed by atoms with Crippen LogP contribution in [0.15, 0.2) is 30.3 Å².